The van der Waals surface area contributed by atoms with Crippen molar-refractivity contribution < 1.29 is 19.0 Å². The zero-order valence-corrected chi connectivity index (χ0v) is 13.3. The van der Waals surface area contributed by atoms with Gasteiger partial charge in [0.25, 0.3) is 0 Å². The molecule has 0 aliphatic heterocycles. The SMILES string of the molecule is Cc1cc(NCC(O)CO)nc(SCc2cccc(F)c2F)n1. The Morgan fingerprint density at radius 2 is 2.09 bits per heavy atom. The summed E-state index contributed by atoms with van der Waals surface area (Å²) < 4.78 is 26.8. The summed E-state index contributed by atoms with van der Waals surface area (Å²) in [4.78, 5) is 8.47. The van der Waals surface area contributed by atoms with Crippen LogP contribution in [0.15, 0.2) is 29.4 Å². The van der Waals surface area contributed by atoms with Crippen molar-refractivity contribution in [3.8, 4) is 0 Å². The fraction of sp³-hybridized carbons (Fsp3) is 0.333. The van der Waals surface area contributed by atoms with Gasteiger partial charge in [-0.25, -0.2) is 18.7 Å². The summed E-state index contributed by atoms with van der Waals surface area (Å²) >= 11 is 1.18. The molecule has 124 valence electrons. The third kappa shape index (κ3) is 5.12. The van der Waals surface area contributed by atoms with Crippen LogP contribution in [0, 0.1) is 18.6 Å². The molecule has 3 N–H and O–H groups in total. The second-order valence-corrected chi connectivity index (χ2v) is 5.84. The Labute approximate surface area is 136 Å². The topological polar surface area (TPSA) is 78.3 Å². The Morgan fingerprint density at radius 3 is 2.83 bits per heavy atom. The number of anilines is 1. The normalized spacial score (nSPS) is 12.2. The first-order valence-corrected chi connectivity index (χ1v) is 7.92. The maximum Gasteiger partial charge on any atom is 0.190 e. The van der Waals surface area contributed by atoms with Crippen molar-refractivity contribution in [3.63, 3.8) is 0 Å². The maximum atomic E-state index is 13.6. The van der Waals surface area contributed by atoms with Gasteiger partial charge in [0.1, 0.15) is 5.82 Å². The van der Waals surface area contributed by atoms with Gasteiger partial charge in [-0.05, 0) is 13.0 Å². The van der Waals surface area contributed by atoms with E-state index >= 15 is 0 Å². The molecule has 23 heavy (non-hydrogen) atoms. The molecule has 0 spiro atoms. The summed E-state index contributed by atoms with van der Waals surface area (Å²) in [5.74, 6) is -1.05. The smallest absolute Gasteiger partial charge is 0.190 e. The van der Waals surface area contributed by atoms with Gasteiger partial charge in [0.05, 0.1) is 12.7 Å². The van der Waals surface area contributed by atoms with Gasteiger partial charge in [-0.3, -0.25) is 0 Å². The average molecular weight is 341 g/mol. The third-order valence-corrected chi connectivity index (χ3v) is 3.85. The lowest BCUT2D eigenvalue weighted by atomic mass is 10.2. The summed E-state index contributed by atoms with van der Waals surface area (Å²) in [5, 5.41) is 21.4. The lowest BCUT2D eigenvalue weighted by molar-refractivity contribution is 0.105. The maximum absolute atomic E-state index is 13.6. The fourth-order valence-electron chi connectivity index (χ4n) is 1.79. The molecule has 2 aromatic rings. The molecule has 0 saturated heterocycles. The van der Waals surface area contributed by atoms with E-state index in [2.05, 4.69) is 15.3 Å². The lowest BCUT2D eigenvalue weighted by Gasteiger charge is -2.11. The van der Waals surface area contributed by atoms with Crippen molar-refractivity contribution in [3.05, 3.63) is 47.2 Å². The molecular formula is C15H17F2N3O2S. The number of aliphatic hydroxyl groups excluding tert-OH is 2. The molecule has 1 unspecified atom stereocenters. The van der Waals surface area contributed by atoms with Crippen LogP contribution in [0.25, 0.3) is 0 Å². The molecule has 1 aromatic heterocycles. The predicted molar refractivity (Wildman–Crippen MR) is 84.3 cm³/mol. The van der Waals surface area contributed by atoms with Crippen molar-refractivity contribution >= 4 is 17.6 Å². The van der Waals surface area contributed by atoms with Crippen LogP contribution in [0.3, 0.4) is 0 Å². The summed E-state index contributed by atoms with van der Waals surface area (Å²) in [6.45, 7) is 1.58. The van der Waals surface area contributed by atoms with Crippen LogP contribution in [0.1, 0.15) is 11.3 Å². The predicted octanol–water partition coefficient (Wildman–Crippen LogP) is 2.12. The summed E-state index contributed by atoms with van der Waals surface area (Å²) in [6.07, 6.45) is -0.886. The van der Waals surface area contributed by atoms with Crippen molar-refractivity contribution in [2.45, 2.75) is 23.9 Å². The number of aliphatic hydroxyl groups is 2. The molecule has 2 rings (SSSR count). The van der Waals surface area contributed by atoms with Crippen LogP contribution in [-0.4, -0.2) is 39.4 Å². The lowest BCUT2D eigenvalue weighted by Crippen LogP contribution is -2.23. The van der Waals surface area contributed by atoms with E-state index in [0.717, 1.165) is 6.07 Å². The molecule has 1 heterocycles. The van der Waals surface area contributed by atoms with E-state index in [4.69, 9.17) is 5.11 Å². The molecule has 0 aliphatic carbocycles. The largest absolute Gasteiger partial charge is 0.394 e. The molecule has 1 atom stereocenters. The number of nitrogens with one attached hydrogen (secondary N) is 1. The minimum Gasteiger partial charge on any atom is -0.394 e. The van der Waals surface area contributed by atoms with Crippen LogP contribution in [-0.2, 0) is 5.75 Å². The van der Waals surface area contributed by atoms with Crippen molar-refractivity contribution in [1.29, 1.82) is 0 Å². The van der Waals surface area contributed by atoms with Crippen LogP contribution >= 0.6 is 11.8 Å². The standard InChI is InChI=1S/C15H17F2N3O2S/c1-9-5-13(18-6-11(22)7-21)20-15(19-9)23-8-10-3-2-4-12(16)14(10)17/h2-5,11,21-22H,6-8H2,1H3,(H,18,19,20). The first-order chi connectivity index (χ1) is 11.0. The Morgan fingerprint density at radius 1 is 1.30 bits per heavy atom. The van der Waals surface area contributed by atoms with E-state index in [1.165, 1.54) is 23.9 Å². The number of aryl methyl sites for hydroxylation is 1. The second-order valence-electron chi connectivity index (χ2n) is 4.90. The number of hydrogen-bond donors (Lipinski definition) is 3. The Bertz CT molecular complexity index is 673. The highest BCUT2D eigenvalue weighted by Crippen LogP contribution is 2.23. The molecule has 0 bridgehead atoms. The molecular weight excluding hydrogens is 324 g/mol. The molecule has 5 nitrogen and oxygen atoms in total. The van der Waals surface area contributed by atoms with Gasteiger partial charge in [-0.2, -0.15) is 0 Å². The summed E-state index contributed by atoms with van der Waals surface area (Å²) in [7, 11) is 0. The van der Waals surface area contributed by atoms with Crippen LogP contribution in [0.2, 0.25) is 0 Å². The number of nitrogens with zero attached hydrogens (tertiary/aromatic N) is 2. The quantitative estimate of drug-likeness (QED) is 0.529. The number of thioether (sulfide) groups is 1. The van der Waals surface area contributed by atoms with Crippen LogP contribution < -0.4 is 5.32 Å². The third-order valence-electron chi connectivity index (χ3n) is 2.95. The van der Waals surface area contributed by atoms with Crippen molar-refractivity contribution in [2.24, 2.45) is 0 Å². The minimum absolute atomic E-state index is 0.148. The van der Waals surface area contributed by atoms with E-state index in [-0.39, 0.29) is 24.5 Å². The molecule has 0 aliphatic rings. The van der Waals surface area contributed by atoms with E-state index in [1.54, 1.807) is 13.0 Å². The number of hydrogen-bond acceptors (Lipinski definition) is 6. The molecule has 0 saturated carbocycles. The highest BCUT2D eigenvalue weighted by atomic mass is 32.2. The number of aromatic nitrogens is 2. The summed E-state index contributed by atoms with van der Waals surface area (Å²) in [5.41, 5.74) is 0.938. The number of rotatable bonds is 7. The second kappa shape index (κ2) is 8.19. The number of benzene rings is 1. The molecule has 0 fully saturated rings. The first-order valence-electron chi connectivity index (χ1n) is 6.93. The van der Waals surface area contributed by atoms with E-state index < -0.39 is 17.7 Å². The van der Waals surface area contributed by atoms with Gasteiger partial charge in [-0.1, -0.05) is 23.9 Å². The first kappa shape index (κ1) is 17.6. The van der Waals surface area contributed by atoms with Gasteiger partial charge in [-0.15, -0.1) is 0 Å². The minimum atomic E-state index is -0.886. The van der Waals surface area contributed by atoms with Crippen LogP contribution in [0.4, 0.5) is 14.6 Å². The molecule has 8 heteroatoms. The fourth-order valence-corrected chi connectivity index (χ4v) is 2.66. The van der Waals surface area contributed by atoms with E-state index in [0.29, 0.717) is 16.7 Å². The molecule has 0 radical (unpaired) electrons. The van der Waals surface area contributed by atoms with Crippen molar-refractivity contribution in [2.75, 3.05) is 18.5 Å². The van der Waals surface area contributed by atoms with Gasteiger partial charge in [0.15, 0.2) is 16.8 Å². The molecule has 0 amide bonds. The molecule has 1 aromatic carbocycles. The highest BCUT2D eigenvalue weighted by molar-refractivity contribution is 7.98. The van der Waals surface area contributed by atoms with E-state index in [9.17, 15) is 13.9 Å². The van der Waals surface area contributed by atoms with Gasteiger partial charge < -0.3 is 15.5 Å². The van der Waals surface area contributed by atoms with Crippen LogP contribution in [0.5, 0.6) is 0 Å². The van der Waals surface area contributed by atoms with Gasteiger partial charge in [0, 0.05) is 29.6 Å². The Hall–Kier alpha value is -1.77. The highest BCUT2D eigenvalue weighted by Gasteiger charge is 2.10. The Kier molecular flexibility index (Phi) is 6.26. The average Bonchev–Trinajstić information content (AvgIpc) is 2.53. The van der Waals surface area contributed by atoms with Gasteiger partial charge in [0.2, 0.25) is 0 Å². The summed E-state index contributed by atoms with van der Waals surface area (Å²) in [6, 6.07) is 5.73. The van der Waals surface area contributed by atoms with Gasteiger partial charge >= 0.3 is 0 Å². The Balaban J connectivity index is 2.05. The monoisotopic (exact) mass is 341 g/mol. The van der Waals surface area contributed by atoms with Crippen molar-refractivity contribution in [1.82, 2.24) is 9.97 Å². The van der Waals surface area contributed by atoms with E-state index in [1.807, 2.05) is 0 Å². The zero-order valence-electron chi connectivity index (χ0n) is 12.5. The number of halogens is 2. The zero-order chi connectivity index (χ0) is 16.8.